The second kappa shape index (κ2) is 7.27. The fourth-order valence-electron chi connectivity index (χ4n) is 1.54. The van der Waals surface area contributed by atoms with E-state index in [1.54, 1.807) is 24.3 Å². The van der Waals surface area contributed by atoms with Gasteiger partial charge in [0, 0.05) is 11.6 Å². The molecule has 0 aromatic heterocycles. The summed E-state index contributed by atoms with van der Waals surface area (Å²) in [5.74, 6) is -1.60. The van der Waals surface area contributed by atoms with E-state index in [-0.39, 0.29) is 19.8 Å². The van der Waals surface area contributed by atoms with Crippen molar-refractivity contribution in [3.05, 3.63) is 34.9 Å². The van der Waals surface area contributed by atoms with Crippen LogP contribution in [-0.4, -0.2) is 36.0 Å². The predicted octanol–water partition coefficient (Wildman–Crippen LogP) is 1.91. The van der Waals surface area contributed by atoms with Crippen LogP contribution < -0.4 is 0 Å². The van der Waals surface area contributed by atoms with E-state index in [1.807, 2.05) is 0 Å². The Kier molecular flexibility index (Phi) is 5.97. The van der Waals surface area contributed by atoms with E-state index < -0.39 is 11.9 Å². The fourth-order valence-corrected chi connectivity index (χ4v) is 1.80. The first-order valence-corrected chi connectivity index (χ1v) is 5.70. The van der Waals surface area contributed by atoms with E-state index in [4.69, 9.17) is 26.6 Å². The summed E-state index contributed by atoms with van der Waals surface area (Å²) >= 11 is 5.96. The van der Waals surface area contributed by atoms with Crippen LogP contribution in [0.3, 0.4) is 0 Å². The summed E-state index contributed by atoms with van der Waals surface area (Å²) in [6, 6.07) is 6.88. The van der Waals surface area contributed by atoms with Crippen molar-refractivity contribution in [1.29, 1.82) is 0 Å². The minimum Gasteiger partial charge on any atom is -0.481 e. The van der Waals surface area contributed by atoms with Crippen molar-refractivity contribution < 1.29 is 19.7 Å². The van der Waals surface area contributed by atoms with Crippen LogP contribution in [0, 0.1) is 0 Å². The number of rotatable bonds is 7. The SMILES string of the molecule is O=C(O)C(CCOCCO)c1ccccc1Cl. The molecule has 4 nitrogen and oxygen atoms in total. The first kappa shape index (κ1) is 14.0. The lowest BCUT2D eigenvalue weighted by Crippen LogP contribution is -2.15. The normalized spacial score (nSPS) is 12.4. The summed E-state index contributed by atoms with van der Waals surface area (Å²) in [4.78, 5) is 11.2. The molecular weight excluding hydrogens is 244 g/mol. The zero-order valence-corrected chi connectivity index (χ0v) is 10.1. The van der Waals surface area contributed by atoms with Crippen LogP contribution in [0.1, 0.15) is 17.9 Å². The molecule has 5 heteroatoms. The lowest BCUT2D eigenvalue weighted by Gasteiger charge is -2.14. The van der Waals surface area contributed by atoms with Crippen LogP contribution in [0.25, 0.3) is 0 Å². The molecule has 1 aromatic carbocycles. The van der Waals surface area contributed by atoms with E-state index in [9.17, 15) is 4.79 Å². The van der Waals surface area contributed by atoms with Crippen molar-refractivity contribution in [2.24, 2.45) is 0 Å². The number of hydrogen-bond acceptors (Lipinski definition) is 3. The van der Waals surface area contributed by atoms with Gasteiger partial charge in [-0.3, -0.25) is 4.79 Å². The Hall–Kier alpha value is -1.10. The molecule has 1 atom stereocenters. The molecule has 0 saturated carbocycles. The van der Waals surface area contributed by atoms with Gasteiger partial charge in [-0.1, -0.05) is 29.8 Å². The number of aliphatic carboxylic acids is 1. The van der Waals surface area contributed by atoms with E-state index in [0.717, 1.165) is 0 Å². The molecule has 1 aromatic rings. The molecule has 0 aliphatic carbocycles. The van der Waals surface area contributed by atoms with E-state index >= 15 is 0 Å². The van der Waals surface area contributed by atoms with Gasteiger partial charge in [-0.15, -0.1) is 0 Å². The van der Waals surface area contributed by atoms with Crippen LogP contribution in [-0.2, 0) is 9.53 Å². The molecule has 0 spiro atoms. The third-order valence-electron chi connectivity index (χ3n) is 2.37. The molecule has 2 N–H and O–H groups in total. The van der Waals surface area contributed by atoms with Gasteiger partial charge in [-0.2, -0.15) is 0 Å². The van der Waals surface area contributed by atoms with Gasteiger partial charge < -0.3 is 14.9 Å². The van der Waals surface area contributed by atoms with Crippen molar-refractivity contribution in [2.45, 2.75) is 12.3 Å². The number of hydrogen-bond donors (Lipinski definition) is 2. The average molecular weight is 259 g/mol. The topological polar surface area (TPSA) is 66.8 Å². The summed E-state index contributed by atoms with van der Waals surface area (Å²) in [7, 11) is 0. The summed E-state index contributed by atoms with van der Waals surface area (Å²) in [6.45, 7) is 0.432. The molecule has 0 radical (unpaired) electrons. The molecule has 1 rings (SSSR count). The van der Waals surface area contributed by atoms with Crippen LogP contribution in [0.5, 0.6) is 0 Å². The van der Waals surface area contributed by atoms with Crippen LogP contribution in [0.4, 0.5) is 0 Å². The summed E-state index contributed by atoms with van der Waals surface area (Å²) in [5.41, 5.74) is 0.592. The van der Waals surface area contributed by atoms with E-state index in [1.165, 1.54) is 0 Å². The number of halogens is 1. The Balaban J connectivity index is 2.66. The van der Waals surface area contributed by atoms with E-state index in [0.29, 0.717) is 17.0 Å². The maximum absolute atomic E-state index is 11.2. The van der Waals surface area contributed by atoms with Crippen molar-refractivity contribution in [3.8, 4) is 0 Å². The van der Waals surface area contributed by atoms with Gasteiger partial charge in [-0.05, 0) is 18.1 Å². The lowest BCUT2D eigenvalue weighted by atomic mass is 9.96. The van der Waals surface area contributed by atoms with Crippen molar-refractivity contribution in [2.75, 3.05) is 19.8 Å². The second-order valence-electron chi connectivity index (χ2n) is 3.54. The average Bonchev–Trinajstić information content (AvgIpc) is 2.30. The van der Waals surface area contributed by atoms with Gasteiger partial charge in [0.25, 0.3) is 0 Å². The Morgan fingerprint density at radius 2 is 2.06 bits per heavy atom. The van der Waals surface area contributed by atoms with Gasteiger partial charge in [0.05, 0.1) is 19.1 Å². The fraction of sp³-hybridized carbons (Fsp3) is 0.417. The molecule has 0 aliphatic rings. The van der Waals surface area contributed by atoms with Gasteiger partial charge in [0.15, 0.2) is 0 Å². The maximum Gasteiger partial charge on any atom is 0.311 e. The summed E-state index contributed by atoms with van der Waals surface area (Å²) < 4.78 is 5.07. The number of aliphatic hydroxyl groups excluding tert-OH is 1. The lowest BCUT2D eigenvalue weighted by molar-refractivity contribution is -0.139. The molecule has 0 bridgehead atoms. The van der Waals surface area contributed by atoms with Crippen molar-refractivity contribution >= 4 is 17.6 Å². The first-order chi connectivity index (χ1) is 8.16. The minimum atomic E-state index is -0.925. The Morgan fingerprint density at radius 3 is 2.65 bits per heavy atom. The van der Waals surface area contributed by atoms with Crippen LogP contribution in [0.15, 0.2) is 24.3 Å². The monoisotopic (exact) mass is 258 g/mol. The second-order valence-corrected chi connectivity index (χ2v) is 3.94. The number of benzene rings is 1. The minimum absolute atomic E-state index is 0.0656. The molecule has 17 heavy (non-hydrogen) atoms. The van der Waals surface area contributed by atoms with Crippen LogP contribution >= 0.6 is 11.6 Å². The zero-order valence-electron chi connectivity index (χ0n) is 9.30. The van der Waals surface area contributed by atoms with Crippen molar-refractivity contribution in [1.82, 2.24) is 0 Å². The first-order valence-electron chi connectivity index (χ1n) is 5.32. The largest absolute Gasteiger partial charge is 0.481 e. The number of ether oxygens (including phenoxy) is 1. The highest BCUT2D eigenvalue weighted by atomic mass is 35.5. The molecular formula is C12H15ClO4. The van der Waals surface area contributed by atoms with Crippen molar-refractivity contribution in [3.63, 3.8) is 0 Å². The van der Waals surface area contributed by atoms with Gasteiger partial charge >= 0.3 is 5.97 Å². The third kappa shape index (κ3) is 4.34. The molecule has 0 saturated heterocycles. The highest BCUT2D eigenvalue weighted by Crippen LogP contribution is 2.27. The summed E-state index contributed by atoms with van der Waals surface area (Å²) in [5, 5.41) is 18.1. The molecule has 1 unspecified atom stereocenters. The van der Waals surface area contributed by atoms with Gasteiger partial charge in [0.1, 0.15) is 0 Å². The van der Waals surface area contributed by atoms with Gasteiger partial charge in [-0.25, -0.2) is 0 Å². The predicted molar refractivity (Wildman–Crippen MR) is 64.4 cm³/mol. The summed E-state index contributed by atoms with van der Waals surface area (Å²) in [6.07, 6.45) is 0.332. The number of carboxylic acids is 1. The Labute approximate surface area is 105 Å². The Morgan fingerprint density at radius 1 is 1.35 bits per heavy atom. The maximum atomic E-state index is 11.2. The molecule has 94 valence electrons. The highest BCUT2D eigenvalue weighted by molar-refractivity contribution is 6.31. The Bertz CT molecular complexity index is 367. The van der Waals surface area contributed by atoms with Crippen LogP contribution in [0.2, 0.25) is 5.02 Å². The quantitative estimate of drug-likeness (QED) is 0.733. The van der Waals surface area contributed by atoms with Gasteiger partial charge in [0.2, 0.25) is 0 Å². The third-order valence-corrected chi connectivity index (χ3v) is 2.71. The number of carboxylic acid groups (broad SMARTS) is 1. The smallest absolute Gasteiger partial charge is 0.311 e. The number of aliphatic hydroxyl groups is 1. The zero-order chi connectivity index (χ0) is 12.7. The molecule has 0 amide bonds. The number of carbonyl (C=O) groups is 1. The standard InChI is InChI=1S/C12H15ClO4/c13-11-4-2-1-3-9(11)10(12(15)16)5-7-17-8-6-14/h1-4,10,14H,5-8H2,(H,15,16). The highest BCUT2D eigenvalue weighted by Gasteiger charge is 2.21. The molecule has 0 heterocycles. The molecule has 0 fully saturated rings. The van der Waals surface area contributed by atoms with E-state index in [2.05, 4.69) is 0 Å². The molecule has 0 aliphatic heterocycles.